The molecule has 2 nitrogen and oxygen atoms in total. The molecule has 0 saturated heterocycles. The van der Waals surface area contributed by atoms with Gasteiger partial charge in [0.25, 0.3) is 0 Å². The molecule has 0 radical (unpaired) electrons. The summed E-state index contributed by atoms with van der Waals surface area (Å²) in [5.74, 6) is 3.18. The number of hydrogen-bond donors (Lipinski definition) is 1. The minimum absolute atomic E-state index is 0.334. The second kappa shape index (κ2) is 2.49. The summed E-state index contributed by atoms with van der Waals surface area (Å²) in [7, 11) is 0. The van der Waals surface area contributed by atoms with Gasteiger partial charge in [-0.1, -0.05) is 6.92 Å². The van der Waals surface area contributed by atoms with Crippen molar-refractivity contribution in [1.29, 1.82) is 0 Å². The molecule has 4 atom stereocenters. The van der Waals surface area contributed by atoms with Gasteiger partial charge in [-0.3, -0.25) is 4.79 Å². The Bertz CT molecular complexity index is 246. The molecular formula is C11H17NO. The maximum atomic E-state index is 11.5. The Hall–Kier alpha value is -0.530. The zero-order valence-electron chi connectivity index (χ0n) is 8.12. The van der Waals surface area contributed by atoms with Crippen LogP contribution >= 0.6 is 0 Å². The molecule has 2 unspecified atom stereocenters. The van der Waals surface area contributed by atoms with Crippen LogP contribution in [0.2, 0.25) is 0 Å². The molecule has 1 N–H and O–H groups in total. The molecule has 0 aromatic carbocycles. The van der Waals surface area contributed by atoms with Crippen molar-refractivity contribution in [2.24, 2.45) is 23.7 Å². The van der Waals surface area contributed by atoms with E-state index in [0.717, 1.165) is 18.3 Å². The van der Waals surface area contributed by atoms with E-state index >= 15 is 0 Å². The molecule has 0 aromatic rings. The van der Waals surface area contributed by atoms with Gasteiger partial charge in [0.1, 0.15) is 0 Å². The third kappa shape index (κ3) is 1.47. The first-order valence-electron chi connectivity index (χ1n) is 5.56. The van der Waals surface area contributed by atoms with E-state index in [1.54, 1.807) is 0 Å². The van der Waals surface area contributed by atoms with E-state index in [9.17, 15) is 4.79 Å². The molecule has 1 amide bonds. The lowest BCUT2D eigenvalue weighted by molar-refractivity contribution is -0.122. The van der Waals surface area contributed by atoms with Crippen molar-refractivity contribution in [1.82, 2.24) is 5.32 Å². The Labute approximate surface area is 79.1 Å². The maximum absolute atomic E-state index is 11.5. The van der Waals surface area contributed by atoms with E-state index in [1.807, 2.05) is 0 Å². The number of nitrogens with one attached hydrogen (secondary N) is 1. The molecule has 3 aliphatic rings. The zero-order valence-corrected chi connectivity index (χ0v) is 8.12. The summed E-state index contributed by atoms with van der Waals surface area (Å²) in [5.41, 5.74) is 0. The third-order valence-electron chi connectivity index (χ3n) is 3.84. The fraction of sp³-hybridized carbons (Fsp3) is 0.909. The van der Waals surface area contributed by atoms with Crippen LogP contribution in [0.4, 0.5) is 0 Å². The number of amides is 1. The van der Waals surface area contributed by atoms with Crippen LogP contribution in [0.1, 0.15) is 32.6 Å². The van der Waals surface area contributed by atoms with Gasteiger partial charge in [0.2, 0.25) is 5.91 Å². The summed E-state index contributed by atoms with van der Waals surface area (Å²) in [6, 6.07) is 0.563. The van der Waals surface area contributed by atoms with Gasteiger partial charge < -0.3 is 5.32 Å². The molecule has 3 aliphatic carbocycles. The largest absolute Gasteiger partial charge is 0.353 e. The Morgan fingerprint density at radius 2 is 2.00 bits per heavy atom. The summed E-state index contributed by atoms with van der Waals surface area (Å²) in [5, 5.41) is 3.18. The maximum Gasteiger partial charge on any atom is 0.223 e. The molecule has 0 bridgehead atoms. The highest BCUT2D eigenvalue weighted by Crippen LogP contribution is 2.50. The fourth-order valence-corrected chi connectivity index (χ4v) is 2.40. The van der Waals surface area contributed by atoms with Gasteiger partial charge in [-0.05, 0) is 43.4 Å². The van der Waals surface area contributed by atoms with Gasteiger partial charge in [0.15, 0.2) is 0 Å². The Balaban J connectivity index is 1.45. The smallest absolute Gasteiger partial charge is 0.223 e. The highest BCUT2D eigenvalue weighted by molar-refractivity contribution is 5.82. The van der Waals surface area contributed by atoms with E-state index < -0.39 is 0 Å². The topological polar surface area (TPSA) is 29.1 Å². The minimum Gasteiger partial charge on any atom is -0.353 e. The van der Waals surface area contributed by atoms with Crippen molar-refractivity contribution in [3.63, 3.8) is 0 Å². The number of rotatable bonds is 3. The highest BCUT2D eigenvalue weighted by atomic mass is 16.2. The first kappa shape index (κ1) is 7.84. The van der Waals surface area contributed by atoms with Crippen molar-refractivity contribution >= 4 is 5.91 Å². The fourth-order valence-electron chi connectivity index (χ4n) is 2.40. The molecule has 3 rings (SSSR count). The van der Waals surface area contributed by atoms with Crippen LogP contribution in [0.15, 0.2) is 0 Å². The monoisotopic (exact) mass is 179 g/mol. The van der Waals surface area contributed by atoms with E-state index in [-0.39, 0.29) is 0 Å². The van der Waals surface area contributed by atoms with Crippen LogP contribution < -0.4 is 5.32 Å². The molecule has 72 valence electrons. The van der Waals surface area contributed by atoms with Crippen LogP contribution in [0.5, 0.6) is 0 Å². The lowest BCUT2D eigenvalue weighted by Crippen LogP contribution is -2.28. The average Bonchev–Trinajstić information content (AvgIpc) is 2.89. The van der Waals surface area contributed by atoms with Crippen LogP contribution in [0.3, 0.4) is 0 Å². The predicted molar refractivity (Wildman–Crippen MR) is 50.0 cm³/mol. The van der Waals surface area contributed by atoms with E-state index in [0.29, 0.717) is 23.8 Å². The lowest BCUT2D eigenvalue weighted by atomic mass is 10.2. The molecule has 0 spiro atoms. The summed E-state index contributed by atoms with van der Waals surface area (Å²) < 4.78 is 0. The van der Waals surface area contributed by atoms with Crippen molar-refractivity contribution in [2.75, 3.05) is 0 Å². The van der Waals surface area contributed by atoms with E-state index in [4.69, 9.17) is 0 Å². The third-order valence-corrected chi connectivity index (χ3v) is 3.84. The summed E-state index contributed by atoms with van der Waals surface area (Å²) in [6.07, 6.45) is 5.21. The van der Waals surface area contributed by atoms with Gasteiger partial charge in [0.05, 0.1) is 0 Å². The van der Waals surface area contributed by atoms with Crippen molar-refractivity contribution in [3.8, 4) is 0 Å². The SMILES string of the molecule is CC1CC1C(=O)N[C@@H]1C[C@H]1C1CC1. The van der Waals surface area contributed by atoms with Crippen molar-refractivity contribution in [3.05, 3.63) is 0 Å². The minimum atomic E-state index is 0.334. The Morgan fingerprint density at radius 1 is 1.31 bits per heavy atom. The van der Waals surface area contributed by atoms with Gasteiger partial charge in [0, 0.05) is 12.0 Å². The zero-order chi connectivity index (χ0) is 9.00. The standard InChI is InChI=1S/C11H17NO/c1-6-4-8(6)11(13)12-10-5-9(10)7-2-3-7/h6-10H,2-5H2,1H3,(H,12,13)/t6?,8?,9-,10+/m0/s1. The molecule has 0 aliphatic heterocycles. The van der Waals surface area contributed by atoms with Gasteiger partial charge in [-0.2, -0.15) is 0 Å². The number of carbonyl (C=O) groups is 1. The second-order valence-electron chi connectivity index (χ2n) is 5.17. The highest BCUT2D eigenvalue weighted by Gasteiger charge is 2.50. The van der Waals surface area contributed by atoms with Gasteiger partial charge in [-0.15, -0.1) is 0 Å². The Kier molecular flexibility index (Phi) is 1.50. The molecule has 3 saturated carbocycles. The lowest BCUT2D eigenvalue weighted by Gasteiger charge is -2.02. The van der Waals surface area contributed by atoms with Gasteiger partial charge >= 0.3 is 0 Å². The molecule has 0 heterocycles. The summed E-state index contributed by atoms with van der Waals surface area (Å²) in [4.78, 5) is 11.5. The number of carbonyl (C=O) groups excluding carboxylic acids is 1. The van der Waals surface area contributed by atoms with Crippen LogP contribution in [-0.2, 0) is 4.79 Å². The van der Waals surface area contributed by atoms with E-state index in [1.165, 1.54) is 19.3 Å². The molecule has 3 fully saturated rings. The van der Waals surface area contributed by atoms with Crippen LogP contribution in [-0.4, -0.2) is 11.9 Å². The first-order chi connectivity index (χ1) is 6.25. The van der Waals surface area contributed by atoms with Crippen molar-refractivity contribution < 1.29 is 4.79 Å². The van der Waals surface area contributed by atoms with Crippen LogP contribution in [0, 0.1) is 23.7 Å². The normalized spacial score (nSPS) is 47.2. The van der Waals surface area contributed by atoms with Crippen molar-refractivity contribution in [2.45, 2.75) is 38.6 Å². The number of hydrogen-bond acceptors (Lipinski definition) is 1. The quantitative estimate of drug-likeness (QED) is 0.700. The second-order valence-corrected chi connectivity index (χ2v) is 5.17. The summed E-state index contributed by atoms with van der Waals surface area (Å²) in [6.45, 7) is 2.16. The average molecular weight is 179 g/mol. The Morgan fingerprint density at radius 3 is 2.54 bits per heavy atom. The van der Waals surface area contributed by atoms with E-state index in [2.05, 4.69) is 12.2 Å². The van der Waals surface area contributed by atoms with Crippen LogP contribution in [0.25, 0.3) is 0 Å². The summed E-state index contributed by atoms with van der Waals surface area (Å²) >= 11 is 0. The molecule has 13 heavy (non-hydrogen) atoms. The predicted octanol–water partition coefficient (Wildman–Crippen LogP) is 1.56. The molecule has 0 aromatic heterocycles. The molecule has 2 heteroatoms. The van der Waals surface area contributed by atoms with Gasteiger partial charge in [-0.25, -0.2) is 0 Å². The first-order valence-corrected chi connectivity index (χ1v) is 5.56. The molecular weight excluding hydrogens is 162 g/mol.